The summed E-state index contributed by atoms with van der Waals surface area (Å²) in [5.74, 6) is 2.61. The highest BCUT2D eigenvalue weighted by molar-refractivity contribution is 6.00. The number of amides is 1. The van der Waals surface area contributed by atoms with E-state index in [1.54, 1.807) is 40.7 Å². The van der Waals surface area contributed by atoms with E-state index in [9.17, 15) is 4.79 Å². The van der Waals surface area contributed by atoms with Gasteiger partial charge in [-0.05, 0) is 66.1 Å². The SMILES string of the molecule is COc1ccc(-c2c(C=CC(=O)N3CCc4cc(OC)c(OC)cc4C3)c3cccnc3n2C)cc1OC. The maximum Gasteiger partial charge on any atom is 0.246 e. The Hall–Kier alpha value is -4.46. The van der Waals surface area contributed by atoms with Gasteiger partial charge in [-0.3, -0.25) is 4.79 Å². The lowest BCUT2D eigenvalue weighted by molar-refractivity contribution is -0.126. The van der Waals surface area contributed by atoms with Crippen molar-refractivity contribution in [3.63, 3.8) is 0 Å². The molecular formula is C30H31N3O5. The molecule has 2 aromatic heterocycles. The number of methoxy groups -OCH3 is 4. The molecule has 8 heteroatoms. The van der Waals surface area contributed by atoms with Gasteiger partial charge in [0.1, 0.15) is 5.65 Å². The first-order valence-electron chi connectivity index (χ1n) is 12.4. The second kappa shape index (κ2) is 10.5. The summed E-state index contributed by atoms with van der Waals surface area (Å²) < 4.78 is 23.9. The van der Waals surface area contributed by atoms with Crippen molar-refractivity contribution >= 4 is 23.0 Å². The Morgan fingerprint density at radius 1 is 0.895 bits per heavy atom. The summed E-state index contributed by atoms with van der Waals surface area (Å²) >= 11 is 0. The standard InChI is InChI=1S/C30H31N3O5/c1-32-29(20-8-10-24(35-2)25(16-20)36-3)22(23-7-6-13-31-30(23)32)9-11-28(34)33-14-12-19-15-26(37-4)27(38-5)17-21(19)18-33/h6-11,13,15-17H,12,14,18H2,1-5H3. The zero-order valence-electron chi connectivity index (χ0n) is 22.3. The Labute approximate surface area is 222 Å². The van der Waals surface area contributed by atoms with Gasteiger partial charge in [-0.15, -0.1) is 0 Å². The number of hydrogen-bond acceptors (Lipinski definition) is 6. The van der Waals surface area contributed by atoms with Crippen LogP contribution in [0, 0.1) is 0 Å². The van der Waals surface area contributed by atoms with Gasteiger partial charge >= 0.3 is 0 Å². The molecule has 0 saturated carbocycles. The third-order valence-corrected chi connectivity index (χ3v) is 7.06. The molecule has 5 rings (SSSR count). The highest BCUT2D eigenvalue weighted by Gasteiger charge is 2.23. The van der Waals surface area contributed by atoms with Crippen molar-refractivity contribution in [2.45, 2.75) is 13.0 Å². The number of aryl methyl sites for hydroxylation is 1. The predicted octanol–water partition coefficient (Wildman–Crippen LogP) is 4.87. The molecule has 0 saturated heterocycles. The van der Waals surface area contributed by atoms with E-state index in [4.69, 9.17) is 18.9 Å². The molecule has 0 atom stereocenters. The lowest BCUT2D eigenvalue weighted by atomic mass is 9.98. The average molecular weight is 514 g/mol. The molecule has 0 N–H and O–H groups in total. The summed E-state index contributed by atoms with van der Waals surface area (Å²) in [5.41, 5.74) is 5.85. The lowest BCUT2D eigenvalue weighted by Crippen LogP contribution is -2.34. The van der Waals surface area contributed by atoms with Crippen LogP contribution >= 0.6 is 0 Å². The minimum Gasteiger partial charge on any atom is -0.493 e. The van der Waals surface area contributed by atoms with Gasteiger partial charge in [0.05, 0.1) is 34.1 Å². The minimum atomic E-state index is -0.0513. The average Bonchev–Trinajstić information content (AvgIpc) is 3.25. The Balaban J connectivity index is 1.49. The molecule has 196 valence electrons. The highest BCUT2D eigenvalue weighted by atomic mass is 16.5. The molecule has 1 amide bonds. The van der Waals surface area contributed by atoms with Crippen LogP contribution in [0.1, 0.15) is 16.7 Å². The zero-order chi connectivity index (χ0) is 26.8. The van der Waals surface area contributed by atoms with E-state index in [2.05, 4.69) is 4.98 Å². The van der Waals surface area contributed by atoms with Gasteiger partial charge < -0.3 is 28.4 Å². The van der Waals surface area contributed by atoms with Crippen molar-refractivity contribution in [1.82, 2.24) is 14.5 Å². The first kappa shape index (κ1) is 25.2. The van der Waals surface area contributed by atoms with E-state index in [0.29, 0.717) is 36.1 Å². The van der Waals surface area contributed by atoms with E-state index in [0.717, 1.165) is 39.8 Å². The minimum absolute atomic E-state index is 0.0513. The number of rotatable bonds is 7. The van der Waals surface area contributed by atoms with Crippen molar-refractivity contribution in [2.24, 2.45) is 7.05 Å². The van der Waals surface area contributed by atoms with Crippen LogP contribution in [0.25, 0.3) is 28.4 Å². The lowest BCUT2D eigenvalue weighted by Gasteiger charge is -2.28. The van der Waals surface area contributed by atoms with E-state index < -0.39 is 0 Å². The van der Waals surface area contributed by atoms with Crippen molar-refractivity contribution in [3.05, 3.63) is 71.4 Å². The molecule has 2 aromatic carbocycles. The van der Waals surface area contributed by atoms with Gasteiger partial charge in [-0.25, -0.2) is 4.98 Å². The van der Waals surface area contributed by atoms with E-state index >= 15 is 0 Å². The van der Waals surface area contributed by atoms with Crippen molar-refractivity contribution < 1.29 is 23.7 Å². The molecule has 0 aliphatic carbocycles. The number of nitrogens with zero attached hydrogens (tertiary/aromatic N) is 3. The van der Waals surface area contributed by atoms with Gasteiger partial charge in [-0.2, -0.15) is 0 Å². The first-order chi connectivity index (χ1) is 18.5. The molecule has 38 heavy (non-hydrogen) atoms. The predicted molar refractivity (Wildman–Crippen MR) is 147 cm³/mol. The molecule has 4 aromatic rings. The first-order valence-corrected chi connectivity index (χ1v) is 12.4. The second-order valence-electron chi connectivity index (χ2n) is 9.08. The van der Waals surface area contributed by atoms with Gasteiger partial charge in [0.2, 0.25) is 5.91 Å². The number of pyridine rings is 1. The second-order valence-corrected chi connectivity index (χ2v) is 9.08. The number of fused-ring (bicyclic) bond motifs is 2. The monoisotopic (exact) mass is 513 g/mol. The molecule has 0 radical (unpaired) electrons. The summed E-state index contributed by atoms with van der Waals surface area (Å²) in [6.07, 6.45) is 6.07. The number of ether oxygens (including phenoxy) is 4. The normalized spacial score (nSPS) is 13.0. The Morgan fingerprint density at radius 2 is 1.58 bits per heavy atom. The van der Waals surface area contributed by atoms with Crippen molar-refractivity contribution in [3.8, 4) is 34.3 Å². The number of hydrogen-bond donors (Lipinski definition) is 0. The zero-order valence-corrected chi connectivity index (χ0v) is 22.3. The van der Waals surface area contributed by atoms with Crippen LogP contribution < -0.4 is 18.9 Å². The number of benzene rings is 2. The van der Waals surface area contributed by atoms with E-state index in [1.807, 2.05) is 65.1 Å². The topological polar surface area (TPSA) is 75.0 Å². The Morgan fingerprint density at radius 3 is 2.29 bits per heavy atom. The summed E-state index contributed by atoms with van der Waals surface area (Å²) in [6.45, 7) is 1.14. The van der Waals surface area contributed by atoms with E-state index in [-0.39, 0.29) is 5.91 Å². The van der Waals surface area contributed by atoms with Crippen LogP contribution in [0.2, 0.25) is 0 Å². The number of aromatic nitrogens is 2. The largest absolute Gasteiger partial charge is 0.493 e. The van der Waals surface area contributed by atoms with Gasteiger partial charge in [-0.1, -0.05) is 0 Å². The van der Waals surface area contributed by atoms with E-state index in [1.165, 1.54) is 5.56 Å². The fraction of sp³-hybridized carbons (Fsp3) is 0.267. The smallest absolute Gasteiger partial charge is 0.246 e. The van der Waals surface area contributed by atoms with Gasteiger partial charge in [0, 0.05) is 48.9 Å². The molecule has 1 aliphatic rings. The molecule has 1 aliphatic heterocycles. The molecule has 3 heterocycles. The van der Waals surface area contributed by atoms with Crippen LogP contribution in [0.15, 0.2) is 54.7 Å². The summed E-state index contributed by atoms with van der Waals surface area (Å²) in [5, 5.41) is 0.963. The van der Waals surface area contributed by atoms with Crippen LogP contribution in [0.4, 0.5) is 0 Å². The van der Waals surface area contributed by atoms with Crippen LogP contribution in [-0.4, -0.2) is 55.3 Å². The van der Waals surface area contributed by atoms with Gasteiger partial charge in [0.25, 0.3) is 0 Å². The molecular weight excluding hydrogens is 482 g/mol. The number of carbonyl (C=O) groups is 1. The highest BCUT2D eigenvalue weighted by Crippen LogP contribution is 2.38. The fourth-order valence-electron chi connectivity index (χ4n) is 5.12. The maximum absolute atomic E-state index is 13.4. The Kier molecular flexibility index (Phi) is 6.96. The third-order valence-electron chi connectivity index (χ3n) is 7.06. The van der Waals surface area contributed by atoms with Crippen LogP contribution in [0.5, 0.6) is 23.0 Å². The van der Waals surface area contributed by atoms with Gasteiger partial charge in [0.15, 0.2) is 23.0 Å². The van der Waals surface area contributed by atoms with Crippen LogP contribution in [-0.2, 0) is 24.8 Å². The third kappa shape index (κ3) is 4.42. The molecule has 8 nitrogen and oxygen atoms in total. The molecule has 0 unspecified atom stereocenters. The summed E-state index contributed by atoms with van der Waals surface area (Å²) in [4.78, 5) is 19.8. The number of carbonyl (C=O) groups excluding carboxylic acids is 1. The summed E-state index contributed by atoms with van der Waals surface area (Å²) in [7, 11) is 8.46. The van der Waals surface area contributed by atoms with Crippen molar-refractivity contribution in [2.75, 3.05) is 35.0 Å². The molecule has 0 fully saturated rings. The van der Waals surface area contributed by atoms with Crippen molar-refractivity contribution in [1.29, 1.82) is 0 Å². The fourth-order valence-corrected chi connectivity index (χ4v) is 5.12. The Bertz CT molecular complexity index is 1540. The summed E-state index contributed by atoms with van der Waals surface area (Å²) in [6, 6.07) is 13.7. The van der Waals surface area contributed by atoms with Crippen LogP contribution in [0.3, 0.4) is 0 Å². The molecule has 0 spiro atoms. The maximum atomic E-state index is 13.4. The molecule has 0 bridgehead atoms. The quantitative estimate of drug-likeness (QED) is 0.328.